The van der Waals surface area contributed by atoms with Crippen molar-refractivity contribution in [3.63, 3.8) is 0 Å². The summed E-state index contributed by atoms with van der Waals surface area (Å²) in [6, 6.07) is 1.87. The van der Waals surface area contributed by atoms with E-state index in [1.807, 2.05) is 13.0 Å². The van der Waals surface area contributed by atoms with Crippen molar-refractivity contribution in [1.82, 2.24) is 9.97 Å². The fraction of sp³-hybridized carbons (Fsp3) is 0.200. The van der Waals surface area contributed by atoms with Gasteiger partial charge in [0, 0.05) is 0 Å². The molecule has 2 aromatic rings. The Bertz CT molecular complexity index is 499. The fourth-order valence-corrected chi connectivity index (χ4v) is 2.01. The molecule has 2 N–H and O–H groups in total. The molecule has 0 fully saturated rings. The normalized spacial score (nSPS) is 10.4. The summed E-state index contributed by atoms with van der Waals surface area (Å²) < 4.78 is 10.2. The van der Waals surface area contributed by atoms with Crippen LogP contribution < -0.4 is 10.5 Å². The lowest BCUT2D eigenvalue weighted by Crippen LogP contribution is -1.99. The van der Waals surface area contributed by atoms with Gasteiger partial charge < -0.3 is 14.9 Å². The first-order valence-electron chi connectivity index (χ1n) is 4.58. The van der Waals surface area contributed by atoms with Gasteiger partial charge in [-0.15, -0.1) is 0 Å². The van der Waals surface area contributed by atoms with E-state index in [2.05, 4.69) is 9.97 Å². The van der Waals surface area contributed by atoms with Gasteiger partial charge in [-0.3, -0.25) is 0 Å². The summed E-state index contributed by atoms with van der Waals surface area (Å²) in [6.07, 6.45) is 3.05. The number of furan rings is 1. The molecule has 6 heteroatoms. The number of hydrogen-bond acceptors (Lipinski definition) is 6. The minimum absolute atomic E-state index is 0.388. The van der Waals surface area contributed by atoms with Gasteiger partial charge in [0.15, 0.2) is 0 Å². The minimum Gasteiger partial charge on any atom is -0.479 e. The maximum atomic E-state index is 5.86. The molecule has 0 radical (unpaired) electrons. The van der Waals surface area contributed by atoms with Gasteiger partial charge in [0.25, 0.3) is 0 Å². The van der Waals surface area contributed by atoms with E-state index in [1.165, 1.54) is 25.2 Å². The van der Waals surface area contributed by atoms with Crippen LogP contribution >= 0.6 is 11.8 Å². The fourth-order valence-electron chi connectivity index (χ4n) is 1.19. The van der Waals surface area contributed by atoms with Crippen molar-refractivity contribution in [3.8, 4) is 5.88 Å². The molecule has 0 aromatic carbocycles. The smallest absolute Gasteiger partial charge is 0.241 e. The lowest BCUT2D eigenvalue weighted by molar-refractivity contribution is 0.397. The number of anilines is 1. The van der Waals surface area contributed by atoms with Crippen LogP contribution in [0.5, 0.6) is 5.88 Å². The van der Waals surface area contributed by atoms with Crippen LogP contribution in [0.25, 0.3) is 0 Å². The molecule has 0 aliphatic heterocycles. The van der Waals surface area contributed by atoms with Crippen molar-refractivity contribution in [2.24, 2.45) is 0 Å². The predicted octanol–water partition coefficient (Wildman–Crippen LogP) is 2.12. The highest BCUT2D eigenvalue weighted by Crippen LogP contribution is 2.35. The summed E-state index contributed by atoms with van der Waals surface area (Å²) in [6.45, 7) is 1.89. The van der Waals surface area contributed by atoms with Gasteiger partial charge in [-0.25, -0.2) is 4.98 Å². The Morgan fingerprint density at radius 3 is 2.88 bits per heavy atom. The Morgan fingerprint density at radius 2 is 2.25 bits per heavy atom. The third kappa shape index (κ3) is 1.96. The van der Waals surface area contributed by atoms with Gasteiger partial charge >= 0.3 is 0 Å². The quantitative estimate of drug-likeness (QED) is 0.824. The molecule has 0 saturated carbocycles. The molecule has 84 valence electrons. The second kappa shape index (κ2) is 4.44. The SMILES string of the molecule is COc1ncnc(Sc2ccoc2C)c1N. The van der Waals surface area contributed by atoms with Crippen molar-refractivity contribution >= 4 is 17.4 Å². The first-order chi connectivity index (χ1) is 7.72. The lowest BCUT2D eigenvalue weighted by atomic mass is 10.5. The maximum absolute atomic E-state index is 5.86. The molecule has 0 bridgehead atoms. The van der Waals surface area contributed by atoms with E-state index in [1.54, 1.807) is 6.26 Å². The second-order valence-corrected chi connectivity index (χ2v) is 4.08. The predicted molar refractivity (Wildman–Crippen MR) is 60.6 cm³/mol. The van der Waals surface area contributed by atoms with Crippen LogP contribution in [0.3, 0.4) is 0 Å². The number of rotatable bonds is 3. The summed E-state index contributed by atoms with van der Waals surface area (Å²) in [5.41, 5.74) is 6.30. The zero-order chi connectivity index (χ0) is 11.5. The highest BCUT2D eigenvalue weighted by atomic mass is 32.2. The maximum Gasteiger partial charge on any atom is 0.241 e. The van der Waals surface area contributed by atoms with Crippen LogP contribution in [-0.2, 0) is 0 Å². The molecule has 2 rings (SSSR count). The number of aryl methyl sites for hydroxylation is 1. The molecule has 16 heavy (non-hydrogen) atoms. The number of nitrogen functional groups attached to an aromatic ring is 1. The second-order valence-electron chi connectivity index (χ2n) is 3.04. The Kier molecular flexibility index (Phi) is 3.00. The van der Waals surface area contributed by atoms with Crippen LogP contribution in [0, 0.1) is 6.92 Å². The van der Waals surface area contributed by atoms with E-state index in [9.17, 15) is 0 Å². The van der Waals surface area contributed by atoms with Crippen molar-refractivity contribution in [1.29, 1.82) is 0 Å². The molecule has 2 heterocycles. The molecule has 2 aromatic heterocycles. The van der Waals surface area contributed by atoms with E-state index in [0.717, 1.165) is 10.7 Å². The molecule has 0 spiro atoms. The molecule has 5 nitrogen and oxygen atoms in total. The number of nitrogens with zero attached hydrogens (tertiary/aromatic N) is 2. The third-order valence-corrected chi connectivity index (χ3v) is 3.18. The number of hydrogen-bond donors (Lipinski definition) is 1. The zero-order valence-corrected chi connectivity index (χ0v) is 9.75. The van der Waals surface area contributed by atoms with E-state index < -0.39 is 0 Å². The first-order valence-corrected chi connectivity index (χ1v) is 5.40. The number of nitrogens with two attached hydrogens (primary N) is 1. The first kappa shape index (κ1) is 10.8. The standard InChI is InChI=1S/C10H11N3O2S/c1-6-7(3-4-15-6)16-10-8(11)9(14-2)12-5-13-10/h3-5H,11H2,1-2H3. The molecular formula is C10H11N3O2S. The number of aromatic nitrogens is 2. The molecule has 0 saturated heterocycles. The third-order valence-electron chi connectivity index (χ3n) is 2.02. The van der Waals surface area contributed by atoms with E-state index in [-0.39, 0.29) is 0 Å². The van der Waals surface area contributed by atoms with Crippen LogP contribution in [-0.4, -0.2) is 17.1 Å². The van der Waals surface area contributed by atoms with Gasteiger partial charge in [-0.05, 0) is 13.0 Å². The Balaban J connectivity index is 2.32. The van der Waals surface area contributed by atoms with Crippen LogP contribution in [0.15, 0.2) is 33.0 Å². The molecule has 0 unspecified atom stereocenters. The van der Waals surface area contributed by atoms with Gasteiger partial charge in [0.1, 0.15) is 22.8 Å². The van der Waals surface area contributed by atoms with Crippen molar-refractivity contribution in [2.45, 2.75) is 16.8 Å². The van der Waals surface area contributed by atoms with Crippen molar-refractivity contribution in [2.75, 3.05) is 12.8 Å². The highest BCUT2D eigenvalue weighted by molar-refractivity contribution is 7.99. The number of methoxy groups -OCH3 is 1. The van der Waals surface area contributed by atoms with Gasteiger partial charge in [-0.1, -0.05) is 11.8 Å². The van der Waals surface area contributed by atoms with Crippen molar-refractivity contribution in [3.05, 3.63) is 24.4 Å². The average Bonchev–Trinajstić information content (AvgIpc) is 2.68. The Morgan fingerprint density at radius 1 is 1.44 bits per heavy atom. The van der Waals surface area contributed by atoms with E-state index in [4.69, 9.17) is 14.9 Å². The van der Waals surface area contributed by atoms with Crippen LogP contribution in [0.4, 0.5) is 5.69 Å². The molecule has 0 aliphatic rings. The largest absolute Gasteiger partial charge is 0.479 e. The summed E-state index contributed by atoms with van der Waals surface area (Å²) >= 11 is 1.43. The minimum atomic E-state index is 0.388. The summed E-state index contributed by atoms with van der Waals surface area (Å²) in [5, 5.41) is 0.663. The van der Waals surface area contributed by atoms with Crippen molar-refractivity contribution < 1.29 is 9.15 Å². The topological polar surface area (TPSA) is 74.2 Å². The molecular weight excluding hydrogens is 226 g/mol. The molecule has 0 aliphatic carbocycles. The zero-order valence-electron chi connectivity index (χ0n) is 8.93. The highest BCUT2D eigenvalue weighted by Gasteiger charge is 2.11. The van der Waals surface area contributed by atoms with Crippen LogP contribution in [0.2, 0.25) is 0 Å². The summed E-state index contributed by atoms with van der Waals surface area (Å²) in [4.78, 5) is 9.00. The molecule has 0 atom stereocenters. The van der Waals surface area contributed by atoms with Gasteiger partial charge in [0.05, 0.1) is 18.3 Å². The summed E-state index contributed by atoms with van der Waals surface area (Å²) in [5.74, 6) is 1.22. The Labute approximate surface area is 97.0 Å². The lowest BCUT2D eigenvalue weighted by Gasteiger charge is -2.06. The average molecular weight is 237 g/mol. The number of ether oxygens (including phenoxy) is 1. The Hall–Kier alpha value is -1.69. The monoisotopic (exact) mass is 237 g/mol. The van der Waals surface area contributed by atoms with Gasteiger partial charge in [0.2, 0.25) is 5.88 Å². The van der Waals surface area contributed by atoms with Crippen LogP contribution in [0.1, 0.15) is 5.76 Å². The van der Waals surface area contributed by atoms with E-state index >= 15 is 0 Å². The summed E-state index contributed by atoms with van der Waals surface area (Å²) in [7, 11) is 1.52. The molecule has 0 amide bonds. The van der Waals surface area contributed by atoms with Gasteiger partial charge in [-0.2, -0.15) is 4.98 Å². The van der Waals surface area contributed by atoms with E-state index in [0.29, 0.717) is 16.6 Å².